The number of fused-ring (bicyclic) bond motifs is 1. The fraction of sp³-hybridized carbons (Fsp3) is 1.00. The van der Waals surface area contributed by atoms with Crippen LogP contribution in [0.15, 0.2) is 0 Å². The number of hydrogen-bond donors (Lipinski definition) is 0. The molecule has 0 aromatic rings. The van der Waals surface area contributed by atoms with Gasteiger partial charge in [-0.15, -0.1) is 0 Å². The van der Waals surface area contributed by atoms with Gasteiger partial charge in [-0.2, -0.15) is 0 Å². The highest BCUT2D eigenvalue weighted by molar-refractivity contribution is 5.05. The van der Waals surface area contributed by atoms with E-state index in [0.29, 0.717) is 11.8 Å². The Hall–Kier alpha value is -0.110. The Bertz CT molecular complexity index is 103. The Morgan fingerprint density at radius 2 is 1.88 bits per heavy atom. The molecule has 0 unspecified atom stereocenters. The topological polar surface area (TPSA) is 3.24 Å². The molecule has 2 heteroatoms. The first-order chi connectivity index (χ1) is 3.79. The Balaban J connectivity index is 2.00. The molecule has 1 heterocycles. The van der Waals surface area contributed by atoms with E-state index in [4.69, 9.17) is 0 Å². The molecule has 1 nitrogen and oxygen atoms in total. The first-order valence-electron chi connectivity index (χ1n) is 3.11. The molecule has 3 atom stereocenters. The van der Waals surface area contributed by atoms with Crippen LogP contribution in [-0.4, -0.2) is 31.2 Å². The molecule has 0 radical (unpaired) electrons. The predicted molar refractivity (Wildman–Crippen MR) is 29.4 cm³/mol. The molecule has 2 aliphatic rings. The monoisotopic (exact) mass is 115 g/mol. The minimum atomic E-state index is -0.439. The molecule has 46 valence electrons. The van der Waals surface area contributed by atoms with Crippen LogP contribution in [0.3, 0.4) is 0 Å². The zero-order valence-corrected chi connectivity index (χ0v) is 4.97. The third-order valence-corrected chi connectivity index (χ3v) is 2.27. The van der Waals surface area contributed by atoms with Crippen molar-refractivity contribution in [3.8, 4) is 0 Å². The number of piperidine rings is 1. The summed E-state index contributed by atoms with van der Waals surface area (Å²) in [6.07, 6.45) is -0.439. The number of alkyl halides is 1. The molecule has 0 aromatic heterocycles. The van der Waals surface area contributed by atoms with Gasteiger partial charge in [0, 0.05) is 24.9 Å². The Morgan fingerprint density at radius 3 is 2.25 bits per heavy atom. The van der Waals surface area contributed by atoms with Crippen molar-refractivity contribution in [2.24, 2.45) is 11.8 Å². The maximum atomic E-state index is 12.4. The quantitative estimate of drug-likeness (QED) is 0.445. The molecule has 1 saturated heterocycles. The smallest absolute Gasteiger partial charge is 0.109 e. The van der Waals surface area contributed by atoms with Gasteiger partial charge in [0.05, 0.1) is 0 Å². The van der Waals surface area contributed by atoms with E-state index < -0.39 is 6.17 Å². The molecule has 0 aromatic carbocycles. The summed E-state index contributed by atoms with van der Waals surface area (Å²) in [5.74, 6) is 0.833. The summed E-state index contributed by atoms with van der Waals surface area (Å²) in [5, 5.41) is 0. The van der Waals surface area contributed by atoms with Crippen LogP contribution in [0.1, 0.15) is 0 Å². The maximum Gasteiger partial charge on any atom is 0.109 e. The minimum absolute atomic E-state index is 0.417. The van der Waals surface area contributed by atoms with Crippen LogP contribution >= 0.6 is 0 Å². The van der Waals surface area contributed by atoms with Crippen molar-refractivity contribution in [2.75, 3.05) is 20.1 Å². The molecule has 0 bridgehead atoms. The average Bonchev–Trinajstić information content (AvgIpc) is 2.29. The van der Waals surface area contributed by atoms with Gasteiger partial charge in [-0.05, 0) is 7.05 Å². The molecule has 2 fully saturated rings. The molecule has 0 N–H and O–H groups in total. The van der Waals surface area contributed by atoms with Crippen LogP contribution in [0.5, 0.6) is 0 Å². The van der Waals surface area contributed by atoms with Gasteiger partial charge in [-0.3, -0.25) is 0 Å². The number of halogens is 1. The van der Waals surface area contributed by atoms with E-state index in [1.807, 2.05) is 0 Å². The SMILES string of the molecule is CN1C[C@@H]2[C@H](F)[C@@H]2C1. The van der Waals surface area contributed by atoms with Crippen LogP contribution < -0.4 is 0 Å². The summed E-state index contributed by atoms with van der Waals surface area (Å²) in [7, 11) is 2.05. The summed E-state index contributed by atoms with van der Waals surface area (Å²) in [6, 6.07) is 0. The molecule has 0 amide bonds. The van der Waals surface area contributed by atoms with E-state index in [-0.39, 0.29) is 0 Å². The number of rotatable bonds is 0. The zero-order valence-electron chi connectivity index (χ0n) is 4.97. The minimum Gasteiger partial charge on any atom is -0.306 e. The van der Waals surface area contributed by atoms with Gasteiger partial charge in [0.1, 0.15) is 6.17 Å². The Morgan fingerprint density at radius 1 is 1.38 bits per heavy atom. The number of hydrogen-bond acceptors (Lipinski definition) is 1. The van der Waals surface area contributed by atoms with Crippen LogP contribution in [0, 0.1) is 11.8 Å². The van der Waals surface area contributed by atoms with Gasteiger partial charge >= 0.3 is 0 Å². The summed E-state index contributed by atoms with van der Waals surface area (Å²) >= 11 is 0. The molecule has 0 spiro atoms. The van der Waals surface area contributed by atoms with Gasteiger partial charge in [0.15, 0.2) is 0 Å². The van der Waals surface area contributed by atoms with Crippen molar-refractivity contribution in [1.29, 1.82) is 0 Å². The first-order valence-corrected chi connectivity index (χ1v) is 3.11. The second-order valence-electron chi connectivity index (χ2n) is 2.99. The van der Waals surface area contributed by atoms with Gasteiger partial charge in [-0.25, -0.2) is 4.39 Å². The Labute approximate surface area is 48.5 Å². The Kier molecular flexibility index (Phi) is 0.734. The fourth-order valence-corrected chi connectivity index (χ4v) is 1.66. The second kappa shape index (κ2) is 1.24. The lowest BCUT2D eigenvalue weighted by Crippen LogP contribution is -2.19. The van der Waals surface area contributed by atoms with Crippen molar-refractivity contribution in [3.05, 3.63) is 0 Å². The van der Waals surface area contributed by atoms with Crippen LogP contribution in [0.2, 0.25) is 0 Å². The lowest BCUT2D eigenvalue weighted by Gasteiger charge is -2.08. The van der Waals surface area contributed by atoms with E-state index in [2.05, 4.69) is 11.9 Å². The normalized spacial score (nSPS) is 54.0. The molecule has 2 rings (SSSR count). The zero-order chi connectivity index (χ0) is 5.72. The van der Waals surface area contributed by atoms with Crippen molar-refractivity contribution in [2.45, 2.75) is 6.17 Å². The molecule has 8 heavy (non-hydrogen) atoms. The van der Waals surface area contributed by atoms with E-state index in [9.17, 15) is 4.39 Å². The van der Waals surface area contributed by atoms with E-state index >= 15 is 0 Å². The van der Waals surface area contributed by atoms with Gasteiger partial charge in [0.2, 0.25) is 0 Å². The number of likely N-dealkylation sites (tertiary alicyclic amines) is 1. The summed E-state index contributed by atoms with van der Waals surface area (Å²) < 4.78 is 12.4. The van der Waals surface area contributed by atoms with E-state index in [0.717, 1.165) is 13.1 Å². The van der Waals surface area contributed by atoms with E-state index in [1.54, 1.807) is 0 Å². The number of nitrogens with zero attached hydrogens (tertiary/aromatic N) is 1. The second-order valence-corrected chi connectivity index (χ2v) is 2.99. The van der Waals surface area contributed by atoms with Crippen LogP contribution in [-0.2, 0) is 0 Å². The average molecular weight is 115 g/mol. The lowest BCUT2D eigenvalue weighted by molar-refractivity contribution is 0.301. The predicted octanol–water partition coefficient (Wildman–Crippen LogP) is 0.516. The fourth-order valence-electron chi connectivity index (χ4n) is 1.66. The molecule has 1 aliphatic carbocycles. The van der Waals surface area contributed by atoms with Crippen molar-refractivity contribution in [3.63, 3.8) is 0 Å². The molecular formula is C6H10FN. The van der Waals surface area contributed by atoms with Crippen molar-refractivity contribution < 1.29 is 4.39 Å². The molecule has 1 aliphatic heterocycles. The van der Waals surface area contributed by atoms with Crippen molar-refractivity contribution >= 4 is 0 Å². The van der Waals surface area contributed by atoms with E-state index in [1.165, 1.54) is 0 Å². The van der Waals surface area contributed by atoms with Gasteiger partial charge in [0.25, 0.3) is 0 Å². The third kappa shape index (κ3) is 0.440. The highest BCUT2D eigenvalue weighted by Crippen LogP contribution is 2.47. The summed E-state index contributed by atoms with van der Waals surface area (Å²) in [4.78, 5) is 2.20. The highest BCUT2D eigenvalue weighted by Gasteiger charge is 2.55. The maximum absolute atomic E-state index is 12.4. The summed E-state index contributed by atoms with van der Waals surface area (Å²) in [5.41, 5.74) is 0. The van der Waals surface area contributed by atoms with Gasteiger partial charge < -0.3 is 4.90 Å². The van der Waals surface area contributed by atoms with Gasteiger partial charge in [-0.1, -0.05) is 0 Å². The first kappa shape index (κ1) is 4.74. The lowest BCUT2D eigenvalue weighted by atomic mass is 10.4. The molecule has 1 saturated carbocycles. The standard InChI is InChI=1S/C6H10FN/c1-8-2-4-5(3-8)6(4)7/h4-6H,2-3H2,1H3/t4-,5+,6-. The van der Waals surface area contributed by atoms with Crippen LogP contribution in [0.4, 0.5) is 4.39 Å². The van der Waals surface area contributed by atoms with Crippen LogP contribution in [0.25, 0.3) is 0 Å². The highest BCUT2D eigenvalue weighted by atomic mass is 19.1. The molecular weight excluding hydrogens is 105 g/mol. The van der Waals surface area contributed by atoms with Crippen molar-refractivity contribution in [1.82, 2.24) is 4.90 Å². The largest absolute Gasteiger partial charge is 0.306 e. The summed E-state index contributed by atoms with van der Waals surface area (Å²) in [6.45, 7) is 1.98. The third-order valence-electron chi connectivity index (χ3n) is 2.27.